The first-order chi connectivity index (χ1) is 26.8. The van der Waals surface area contributed by atoms with E-state index < -0.39 is 0 Å². The molecule has 0 atom stereocenters. The molecule has 0 saturated carbocycles. The van der Waals surface area contributed by atoms with E-state index >= 15 is 0 Å². The van der Waals surface area contributed by atoms with Gasteiger partial charge in [-0.3, -0.25) is 0 Å². The van der Waals surface area contributed by atoms with Gasteiger partial charge in [0.1, 0.15) is 5.52 Å². The van der Waals surface area contributed by atoms with E-state index in [4.69, 9.17) is 9.40 Å². The van der Waals surface area contributed by atoms with Crippen molar-refractivity contribution in [3.05, 3.63) is 194 Å². The summed E-state index contributed by atoms with van der Waals surface area (Å²) in [5.74, 6) is 0.624. The molecule has 3 heteroatoms. The Morgan fingerprint density at radius 2 is 1.00 bits per heavy atom. The highest BCUT2D eigenvalue weighted by atomic mass is 16.3. The third kappa shape index (κ3) is 4.79. The minimum atomic E-state index is 0.624. The number of para-hydroxylation sites is 1. The summed E-state index contributed by atoms with van der Waals surface area (Å²) in [6.45, 7) is 0. The van der Waals surface area contributed by atoms with Gasteiger partial charge in [-0.1, -0.05) is 146 Å². The summed E-state index contributed by atoms with van der Waals surface area (Å²) in [6, 6.07) is 69.3. The fourth-order valence-electron chi connectivity index (χ4n) is 8.30. The van der Waals surface area contributed by atoms with E-state index in [-0.39, 0.29) is 0 Å². The zero-order chi connectivity index (χ0) is 35.6. The Kier molecular flexibility index (Phi) is 6.86. The van der Waals surface area contributed by atoms with Crippen molar-refractivity contribution in [2.24, 2.45) is 0 Å². The zero-order valence-electron chi connectivity index (χ0n) is 29.3. The molecule has 1 aromatic heterocycles. The number of oxazole rings is 1. The van der Waals surface area contributed by atoms with E-state index in [9.17, 15) is 0 Å². The highest BCUT2D eigenvalue weighted by Crippen LogP contribution is 2.46. The number of anilines is 3. The molecule has 0 spiro atoms. The van der Waals surface area contributed by atoms with Gasteiger partial charge in [-0.25, -0.2) is 4.98 Å². The van der Waals surface area contributed by atoms with Gasteiger partial charge in [0, 0.05) is 33.1 Å². The summed E-state index contributed by atoms with van der Waals surface area (Å²) >= 11 is 0. The van der Waals surface area contributed by atoms with E-state index in [1.165, 1.54) is 32.7 Å². The highest BCUT2D eigenvalue weighted by Gasteiger charge is 2.21. The van der Waals surface area contributed by atoms with Crippen molar-refractivity contribution in [3.8, 4) is 22.6 Å². The Morgan fingerprint density at radius 3 is 1.80 bits per heavy atom. The minimum absolute atomic E-state index is 0.624. The average molecular weight is 689 g/mol. The number of nitrogens with zero attached hydrogens (tertiary/aromatic N) is 2. The fraction of sp³-hybridized carbons (Fsp3) is 0. The summed E-state index contributed by atoms with van der Waals surface area (Å²) < 4.78 is 6.66. The maximum absolute atomic E-state index is 6.66. The van der Waals surface area contributed by atoms with Gasteiger partial charge >= 0.3 is 0 Å². The van der Waals surface area contributed by atoms with Crippen LogP contribution in [-0.4, -0.2) is 4.98 Å². The molecular weight excluding hydrogens is 657 g/mol. The Morgan fingerprint density at radius 1 is 0.370 bits per heavy atom. The third-order valence-electron chi connectivity index (χ3n) is 10.8. The van der Waals surface area contributed by atoms with E-state index in [2.05, 4.69) is 181 Å². The molecule has 0 aliphatic carbocycles. The lowest BCUT2D eigenvalue weighted by molar-refractivity contribution is 0.623. The molecule has 11 rings (SSSR count). The smallest absolute Gasteiger partial charge is 0.227 e. The van der Waals surface area contributed by atoms with E-state index in [0.29, 0.717) is 5.89 Å². The number of rotatable bonds is 5. The Hall–Kier alpha value is -7.23. The van der Waals surface area contributed by atoms with Crippen molar-refractivity contribution in [2.45, 2.75) is 0 Å². The molecule has 54 heavy (non-hydrogen) atoms. The molecule has 11 aromatic rings. The standard InChI is InChI=1S/C51H32N2O/c1-4-14-33(15-5-1)36-26-28-42-40-21-11-10-18-37(40)31-47(46(42)30-36)53(38-19-8-3-9-20-38)39-27-24-34-25-29-43-41-22-12-13-23-44(41)50-49(48(43)45(34)32-39)52-51(54-50)35-16-6-2-7-17-35/h1-32H. The lowest BCUT2D eigenvalue weighted by Gasteiger charge is -2.28. The van der Waals surface area contributed by atoms with Crippen molar-refractivity contribution in [2.75, 3.05) is 4.90 Å². The number of benzene rings is 10. The van der Waals surface area contributed by atoms with Gasteiger partial charge in [0.15, 0.2) is 5.58 Å². The second-order valence-electron chi connectivity index (χ2n) is 13.9. The van der Waals surface area contributed by atoms with Crippen LogP contribution in [0.5, 0.6) is 0 Å². The van der Waals surface area contributed by atoms with Gasteiger partial charge in [-0.15, -0.1) is 0 Å². The first-order valence-corrected chi connectivity index (χ1v) is 18.4. The van der Waals surface area contributed by atoms with Crippen LogP contribution in [-0.2, 0) is 0 Å². The van der Waals surface area contributed by atoms with Gasteiger partial charge in [0.05, 0.1) is 5.69 Å². The van der Waals surface area contributed by atoms with Gasteiger partial charge in [-0.2, -0.15) is 0 Å². The average Bonchev–Trinajstić information content (AvgIpc) is 3.70. The highest BCUT2D eigenvalue weighted by molar-refractivity contribution is 6.30. The second-order valence-corrected chi connectivity index (χ2v) is 13.9. The normalized spacial score (nSPS) is 11.7. The van der Waals surface area contributed by atoms with Gasteiger partial charge in [-0.05, 0) is 97.4 Å². The van der Waals surface area contributed by atoms with Crippen LogP contribution in [0.25, 0.3) is 87.5 Å². The fourth-order valence-corrected chi connectivity index (χ4v) is 8.30. The lowest BCUT2D eigenvalue weighted by atomic mass is 9.94. The molecule has 0 fully saturated rings. The lowest BCUT2D eigenvalue weighted by Crippen LogP contribution is -2.10. The number of hydrogen-bond acceptors (Lipinski definition) is 3. The van der Waals surface area contributed by atoms with Crippen LogP contribution >= 0.6 is 0 Å². The van der Waals surface area contributed by atoms with Gasteiger partial charge in [0.25, 0.3) is 0 Å². The van der Waals surface area contributed by atoms with Crippen LogP contribution in [0.2, 0.25) is 0 Å². The van der Waals surface area contributed by atoms with Crippen LogP contribution in [0.3, 0.4) is 0 Å². The molecule has 0 unspecified atom stereocenters. The molecule has 0 N–H and O–H groups in total. The SMILES string of the molecule is c1ccc(-c2ccc3c(c2)c(N(c2ccccc2)c2ccc4ccc5c6ccccc6c6oc(-c7ccccc7)nc6c5c4c2)cc2ccccc23)cc1. The number of aromatic nitrogens is 1. The first kappa shape index (κ1) is 30.4. The predicted octanol–water partition coefficient (Wildman–Crippen LogP) is 14.4. The largest absolute Gasteiger partial charge is 0.435 e. The van der Waals surface area contributed by atoms with Gasteiger partial charge < -0.3 is 9.32 Å². The van der Waals surface area contributed by atoms with E-state index in [1.54, 1.807) is 0 Å². The van der Waals surface area contributed by atoms with Crippen molar-refractivity contribution in [1.29, 1.82) is 0 Å². The third-order valence-corrected chi connectivity index (χ3v) is 10.8. The van der Waals surface area contributed by atoms with Crippen molar-refractivity contribution < 1.29 is 4.42 Å². The van der Waals surface area contributed by atoms with Crippen molar-refractivity contribution in [1.82, 2.24) is 4.98 Å². The molecule has 0 saturated heterocycles. The van der Waals surface area contributed by atoms with Crippen molar-refractivity contribution >= 4 is 82.0 Å². The quantitative estimate of drug-likeness (QED) is 0.169. The summed E-state index contributed by atoms with van der Waals surface area (Å²) in [5.41, 5.74) is 8.30. The van der Waals surface area contributed by atoms with Crippen LogP contribution in [0.1, 0.15) is 0 Å². The first-order valence-electron chi connectivity index (χ1n) is 18.4. The molecule has 0 amide bonds. The van der Waals surface area contributed by atoms with Crippen LogP contribution in [0.4, 0.5) is 17.1 Å². The Balaban J connectivity index is 1.23. The Labute approximate surface area is 312 Å². The molecule has 0 aliphatic heterocycles. The van der Waals surface area contributed by atoms with E-state index in [0.717, 1.165) is 66.0 Å². The maximum Gasteiger partial charge on any atom is 0.227 e. The summed E-state index contributed by atoms with van der Waals surface area (Å²) in [7, 11) is 0. The molecule has 0 aliphatic rings. The molecule has 0 bridgehead atoms. The number of hydrogen-bond donors (Lipinski definition) is 0. The monoisotopic (exact) mass is 688 g/mol. The van der Waals surface area contributed by atoms with Crippen LogP contribution < -0.4 is 4.90 Å². The maximum atomic E-state index is 6.66. The molecule has 0 radical (unpaired) electrons. The predicted molar refractivity (Wildman–Crippen MR) is 227 cm³/mol. The van der Waals surface area contributed by atoms with Crippen LogP contribution in [0.15, 0.2) is 199 Å². The number of fused-ring (bicyclic) bond motifs is 11. The molecular formula is C51H32N2O. The summed E-state index contributed by atoms with van der Waals surface area (Å²) in [5, 5.41) is 11.6. The molecule has 3 nitrogen and oxygen atoms in total. The molecule has 252 valence electrons. The van der Waals surface area contributed by atoms with Crippen molar-refractivity contribution in [3.63, 3.8) is 0 Å². The molecule has 10 aromatic carbocycles. The zero-order valence-corrected chi connectivity index (χ0v) is 29.3. The topological polar surface area (TPSA) is 29.3 Å². The van der Waals surface area contributed by atoms with Gasteiger partial charge in [0.2, 0.25) is 5.89 Å². The summed E-state index contributed by atoms with van der Waals surface area (Å²) in [4.78, 5) is 7.65. The second kappa shape index (κ2) is 12.2. The summed E-state index contributed by atoms with van der Waals surface area (Å²) in [6.07, 6.45) is 0. The van der Waals surface area contributed by atoms with Crippen LogP contribution in [0, 0.1) is 0 Å². The minimum Gasteiger partial charge on any atom is -0.435 e. The molecule has 1 heterocycles. The van der Waals surface area contributed by atoms with E-state index in [1.807, 2.05) is 18.2 Å². The Bertz CT molecular complexity index is 3210.